The molecule has 1 aliphatic heterocycles. The Morgan fingerprint density at radius 1 is 1.24 bits per heavy atom. The zero-order valence-electron chi connectivity index (χ0n) is 16.7. The number of hydrogen-bond donors (Lipinski definition) is 2. The van der Waals surface area contributed by atoms with Gasteiger partial charge in [0, 0.05) is 38.8 Å². The highest BCUT2D eigenvalue weighted by Gasteiger charge is 2.26. The Morgan fingerprint density at radius 3 is 2.56 bits per heavy atom. The van der Waals surface area contributed by atoms with Gasteiger partial charge in [0.05, 0.1) is 0 Å². The standard InChI is InChI=1S/C21H36N4/c1-17-15-19(24-20(22-5)23-13-12-21(2,3)4)11-14-25(17)16-18-9-7-6-8-10-18/h6-10,17,19H,11-16H2,1-5H3,(H2,22,23,24). The summed E-state index contributed by atoms with van der Waals surface area (Å²) in [6.45, 7) is 12.3. The molecule has 1 saturated heterocycles. The van der Waals surface area contributed by atoms with Gasteiger partial charge in [-0.15, -0.1) is 0 Å². The molecule has 2 atom stereocenters. The highest BCUT2D eigenvalue weighted by molar-refractivity contribution is 5.79. The molecule has 4 nitrogen and oxygen atoms in total. The molecule has 0 spiro atoms. The molecule has 1 heterocycles. The van der Waals surface area contributed by atoms with Crippen LogP contribution in [0.25, 0.3) is 0 Å². The summed E-state index contributed by atoms with van der Waals surface area (Å²) in [7, 11) is 1.86. The average Bonchev–Trinajstić information content (AvgIpc) is 2.56. The van der Waals surface area contributed by atoms with Crippen LogP contribution in [0.5, 0.6) is 0 Å². The molecule has 2 N–H and O–H groups in total. The summed E-state index contributed by atoms with van der Waals surface area (Å²) in [5.41, 5.74) is 1.75. The first-order valence-electron chi connectivity index (χ1n) is 9.62. The maximum absolute atomic E-state index is 4.39. The number of nitrogens with one attached hydrogen (secondary N) is 2. The first-order valence-corrected chi connectivity index (χ1v) is 9.62. The first kappa shape index (κ1) is 19.8. The number of likely N-dealkylation sites (tertiary alicyclic amines) is 1. The summed E-state index contributed by atoms with van der Waals surface area (Å²) in [6, 6.07) is 11.9. The minimum absolute atomic E-state index is 0.350. The molecule has 0 amide bonds. The van der Waals surface area contributed by atoms with Crippen LogP contribution in [0.4, 0.5) is 0 Å². The van der Waals surface area contributed by atoms with Gasteiger partial charge in [0.25, 0.3) is 0 Å². The van der Waals surface area contributed by atoms with Crippen molar-refractivity contribution in [3.8, 4) is 0 Å². The van der Waals surface area contributed by atoms with Crippen molar-refractivity contribution in [1.82, 2.24) is 15.5 Å². The maximum Gasteiger partial charge on any atom is 0.191 e. The van der Waals surface area contributed by atoms with Crippen molar-refractivity contribution in [2.75, 3.05) is 20.1 Å². The topological polar surface area (TPSA) is 39.7 Å². The normalized spacial score (nSPS) is 22.7. The minimum atomic E-state index is 0.350. The molecule has 0 bridgehead atoms. The Labute approximate surface area is 154 Å². The SMILES string of the molecule is CN=C(NCCC(C)(C)C)NC1CCN(Cc2ccccc2)C(C)C1. The van der Waals surface area contributed by atoms with Crippen LogP contribution in [0.3, 0.4) is 0 Å². The van der Waals surface area contributed by atoms with Crippen molar-refractivity contribution in [2.45, 2.75) is 65.6 Å². The van der Waals surface area contributed by atoms with E-state index in [1.54, 1.807) is 0 Å². The van der Waals surface area contributed by atoms with Crippen molar-refractivity contribution in [3.05, 3.63) is 35.9 Å². The lowest BCUT2D eigenvalue weighted by Crippen LogP contribution is -2.51. The molecule has 0 saturated carbocycles. The molecule has 1 fully saturated rings. The van der Waals surface area contributed by atoms with E-state index in [-0.39, 0.29) is 0 Å². The summed E-state index contributed by atoms with van der Waals surface area (Å²) < 4.78 is 0. The molecule has 1 aromatic carbocycles. The van der Waals surface area contributed by atoms with Crippen LogP contribution in [0, 0.1) is 5.41 Å². The summed E-state index contributed by atoms with van der Waals surface area (Å²) in [6.07, 6.45) is 3.46. The van der Waals surface area contributed by atoms with E-state index < -0.39 is 0 Å². The van der Waals surface area contributed by atoms with Gasteiger partial charge in [-0.1, -0.05) is 51.1 Å². The monoisotopic (exact) mass is 344 g/mol. The maximum atomic E-state index is 4.39. The number of benzene rings is 1. The van der Waals surface area contributed by atoms with E-state index in [1.165, 1.54) is 5.56 Å². The third-order valence-corrected chi connectivity index (χ3v) is 4.97. The van der Waals surface area contributed by atoms with E-state index in [1.807, 2.05) is 7.05 Å². The summed E-state index contributed by atoms with van der Waals surface area (Å²) >= 11 is 0. The Bertz CT molecular complexity index is 533. The number of piperidine rings is 1. The lowest BCUT2D eigenvalue weighted by atomic mass is 9.92. The van der Waals surface area contributed by atoms with E-state index in [2.05, 4.69) is 78.6 Å². The van der Waals surface area contributed by atoms with Gasteiger partial charge in [-0.05, 0) is 37.2 Å². The van der Waals surface area contributed by atoms with Crippen molar-refractivity contribution in [1.29, 1.82) is 0 Å². The van der Waals surface area contributed by atoms with Crippen LogP contribution in [-0.2, 0) is 6.54 Å². The largest absolute Gasteiger partial charge is 0.356 e. The van der Waals surface area contributed by atoms with Crippen molar-refractivity contribution >= 4 is 5.96 Å². The smallest absolute Gasteiger partial charge is 0.191 e. The third kappa shape index (κ3) is 7.07. The van der Waals surface area contributed by atoms with E-state index in [9.17, 15) is 0 Å². The van der Waals surface area contributed by atoms with Gasteiger partial charge in [-0.25, -0.2) is 0 Å². The Morgan fingerprint density at radius 2 is 1.96 bits per heavy atom. The van der Waals surface area contributed by atoms with E-state index in [0.29, 0.717) is 17.5 Å². The van der Waals surface area contributed by atoms with Crippen molar-refractivity contribution < 1.29 is 0 Å². The molecule has 0 aliphatic carbocycles. The van der Waals surface area contributed by atoms with Gasteiger partial charge >= 0.3 is 0 Å². The van der Waals surface area contributed by atoms with Crippen molar-refractivity contribution in [3.63, 3.8) is 0 Å². The summed E-state index contributed by atoms with van der Waals surface area (Å²) in [5.74, 6) is 0.943. The van der Waals surface area contributed by atoms with Crippen LogP contribution in [0.15, 0.2) is 35.3 Å². The zero-order chi connectivity index (χ0) is 18.3. The Balaban J connectivity index is 1.77. The summed E-state index contributed by atoms with van der Waals surface area (Å²) in [4.78, 5) is 6.98. The number of hydrogen-bond acceptors (Lipinski definition) is 2. The van der Waals surface area contributed by atoms with Gasteiger partial charge in [0.1, 0.15) is 0 Å². The van der Waals surface area contributed by atoms with Crippen LogP contribution < -0.4 is 10.6 Å². The molecule has 4 heteroatoms. The van der Waals surface area contributed by atoms with Gasteiger partial charge in [0.15, 0.2) is 5.96 Å². The molecule has 140 valence electrons. The predicted molar refractivity (Wildman–Crippen MR) is 108 cm³/mol. The van der Waals surface area contributed by atoms with E-state index in [0.717, 1.165) is 44.9 Å². The number of rotatable bonds is 5. The highest BCUT2D eigenvalue weighted by Crippen LogP contribution is 2.20. The van der Waals surface area contributed by atoms with Gasteiger partial charge in [-0.3, -0.25) is 9.89 Å². The van der Waals surface area contributed by atoms with Crippen LogP contribution >= 0.6 is 0 Å². The number of nitrogens with zero attached hydrogens (tertiary/aromatic N) is 2. The van der Waals surface area contributed by atoms with Crippen LogP contribution in [-0.4, -0.2) is 43.1 Å². The second-order valence-electron chi connectivity index (χ2n) is 8.48. The summed E-state index contributed by atoms with van der Waals surface area (Å²) in [5, 5.41) is 7.08. The van der Waals surface area contributed by atoms with E-state index >= 15 is 0 Å². The molecule has 2 rings (SSSR count). The van der Waals surface area contributed by atoms with Crippen molar-refractivity contribution in [2.24, 2.45) is 10.4 Å². The third-order valence-electron chi connectivity index (χ3n) is 4.97. The molecular weight excluding hydrogens is 308 g/mol. The van der Waals surface area contributed by atoms with Crippen LogP contribution in [0.2, 0.25) is 0 Å². The first-order chi connectivity index (χ1) is 11.9. The fraction of sp³-hybridized carbons (Fsp3) is 0.667. The van der Waals surface area contributed by atoms with E-state index in [4.69, 9.17) is 0 Å². The molecule has 25 heavy (non-hydrogen) atoms. The zero-order valence-corrected chi connectivity index (χ0v) is 16.7. The molecular formula is C21H36N4. The molecule has 1 aromatic rings. The van der Waals surface area contributed by atoms with Gasteiger partial charge < -0.3 is 10.6 Å². The average molecular weight is 345 g/mol. The lowest BCUT2D eigenvalue weighted by Gasteiger charge is -2.38. The van der Waals surface area contributed by atoms with Gasteiger partial charge in [0.2, 0.25) is 0 Å². The van der Waals surface area contributed by atoms with Gasteiger partial charge in [-0.2, -0.15) is 0 Å². The Hall–Kier alpha value is -1.55. The number of guanidine groups is 1. The van der Waals surface area contributed by atoms with Crippen LogP contribution in [0.1, 0.15) is 52.5 Å². The fourth-order valence-electron chi connectivity index (χ4n) is 3.35. The minimum Gasteiger partial charge on any atom is -0.356 e. The molecule has 0 aromatic heterocycles. The highest BCUT2D eigenvalue weighted by atomic mass is 15.2. The number of aliphatic imine (C=N–C) groups is 1. The molecule has 1 aliphatic rings. The fourth-order valence-corrected chi connectivity index (χ4v) is 3.35. The molecule has 2 unspecified atom stereocenters. The lowest BCUT2D eigenvalue weighted by molar-refractivity contribution is 0.134. The quantitative estimate of drug-likeness (QED) is 0.633. The second-order valence-corrected chi connectivity index (χ2v) is 8.48. The molecule has 0 radical (unpaired) electrons. The Kier molecular flexibility index (Phi) is 7.30. The predicted octanol–water partition coefficient (Wildman–Crippen LogP) is 3.64. The second kappa shape index (κ2) is 9.23.